The van der Waals surface area contributed by atoms with Crippen LogP contribution in [0.2, 0.25) is 0 Å². The highest BCUT2D eigenvalue weighted by Crippen LogP contribution is 2.23. The summed E-state index contributed by atoms with van der Waals surface area (Å²) in [6.07, 6.45) is -2.45. The molecule has 0 radical (unpaired) electrons. The van der Waals surface area contributed by atoms with Crippen molar-refractivity contribution in [2.24, 2.45) is 0 Å². The SMILES string of the molecule is CO.CO[Si](OC)(OC)O[Si](OC)(OC)C(O)C(O)CO.OCC(O)CO.[CH2+]O[Si](OC)(OC)O[Si](OC)(OC)OC. The van der Waals surface area contributed by atoms with Crippen molar-refractivity contribution in [1.82, 2.24) is 0 Å². The molecule has 0 heterocycles. The molecule has 0 aromatic carbocycles. The summed E-state index contributed by atoms with van der Waals surface area (Å²) in [4.78, 5) is 0. The van der Waals surface area contributed by atoms with Gasteiger partial charge in [0, 0.05) is 78.2 Å². The van der Waals surface area contributed by atoms with E-state index < -0.39 is 60.5 Å². The maximum absolute atomic E-state index is 10.0. The Morgan fingerprint density at radius 1 is 0.500 bits per heavy atom. The normalized spacial score (nSPS) is 13.7. The summed E-state index contributed by atoms with van der Waals surface area (Å²) in [6, 6.07) is 0. The first-order valence-corrected chi connectivity index (χ1v) is 18.2. The van der Waals surface area contributed by atoms with Crippen molar-refractivity contribution >= 4 is 35.9 Å². The summed E-state index contributed by atoms with van der Waals surface area (Å²) in [7, 11) is 3.60. The van der Waals surface area contributed by atoms with Crippen LogP contribution in [0.1, 0.15) is 0 Å². The monoisotopic (exact) mass is 699 g/mol. The van der Waals surface area contributed by atoms with Gasteiger partial charge < -0.3 is 88.2 Å². The smallest absolute Gasteiger partial charge is 0.400 e. The van der Waals surface area contributed by atoms with E-state index in [2.05, 4.69) is 7.11 Å². The van der Waals surface area contributed by atoms with E-state index in [1.54, 1.807) is 0 Å². The van der Waals surface area contributed by atoms with Crippen molar-refractivity contribution < 1.29 is 92.7 Å². The predicted molar refractivity (Wildman–Crippen MR) is 149 cm³/mol. The van der Waals surface area contributed by atoms with E-state index in [1.807, 2.05) is 0 Å². The summed E-state index contributed by atoms with van der Waals surface area (Å²) in [6.45, 7) is -1.42. The van der Waals surface area contributed by atoms with Crippen molar-refractivity contribution in [1.29, 1.82) is 0 Å². The van der Waals surface area contributed by atoms with E-state index in [0.29, 0.717) is 0 Å². The van der Waals surface area contributed by atoms with Crippen LogP contribution in [-0.4, -0.2) is 188 Å². The van der Waals surface area contributed by atoms with Gasteiger partial charge in [-0.15, -0.1) is 0 Å². The average molecular weight is 700 g/mol. The van der Waals surface area contributed by atoms with Crippen LogP contribution in [0.5, 0.6) is 0 Å². The van der Waals surface area contributed by atoms with Crippen molar-refractivity contribution in [3.8, 4) is 0 Å². The topological polar surface area (TPSA) is 262 Å². The molecule has 0 aromatic heterocycles. The standard InChI is InChI=1S/C8H22O9Si2.C6H17O7Si2.C3H8O3.CH4O/c1-12-18(13-2,8(11)7(10)6-9)17-19(14-3,15-4)16-5;1-7-14(8-2,9-3)13-15(10-4,11-5)12-6;4-1-3(6)2-5;1-2/h7-11H,6H2,1-5H3;1H2,2-6H3;3-6H,1-2H2;2H,1H3/q;+1;;. The zero-order chi connectivity index (χ0) is 34.0. The average Bonchev–Trinajstić information content (AvgIpc) is 3.07. The van der Waals surface area contributed by atoms with E-state index in [0.717, 1.165) is 7.11 Å². The first-order valence-electron chi connectivity index (χ1n) is 11.5. The zero-order valence-corrected chi connectivity index (χ0v) is 30.0. The highest BCUT2D eigenvalue weighted by atomic mass is 28.5. The first kappa shape index (κ1) is 48.8. The molecule has 20 nitrogen and oxygen atoms in total. The van der Waals surface area contributed by atoms with E-state index in [4.69, 9.17) is 82.4 Å². The van der Waals surface area contributed by atoms with Gasteiger partial charge in [-0.1, -0.05) is 0 Å². The van der Waals surface area contributed by atoms with Crippen LogP contribution in [0.25, 0.3) is 0 Å². The predicted octanol–water partition coefficient (Wildman–Crippen LogP) is -4.28. The summed E-state index contributed by atoms with van der Waals surface area (Å²) >= 11 is 0. The fraction of sp³-hybridized carbons (Fsp3) is 0.944. The number of hydrogen-bond acceptors (Lipinski definition) is 20. The van der Waals surface area contributed by atoms with Gasteiger partial charge in [0.2, 0.25) is 7.11 Å². The minimum Gasteiger partial charge on any atom is -0.400 e. The molecule has 0 saturated heterocycles. The van der Waals surface area contributed by atoms with E-state index >= 15 is 0 Å². The van der Waals surface area contributed by atoms with Gasteiger partial charge in [0.15, 0.2) is 5.73 Å². The van der Waals surface area contributed by atoms with Crippen LogP contribution in [0.15, 0.2) is 0 Å². The summed E-state index contributed by atoms with van der Waals surface area (Å²) in [5, 5.41) is 59.4. The molecule has 0 spiro atoms. The van der Waals surface area contributed by atoms with Gasteiger partial charge in [-0.05, 0) is 0 Å². The van der Waals surface area contributed by atoms with Crippen molar-refractivity contribution in [2.45, 2.75) is 17.9 Å². The molecular weight excluding hydrogens is 649 g/mol. The van der Waals surface area contributed by atoms with Gasteiger partial charge in [0.25, 0.3) is 0 Å². The quantitative estimate of drug-likeness (QED) is 0.0468. The molecule has 258 valence electrons. The van der Waals surface area contributed by atoms with Gasteiger partial charge >= 0.3 is 35.9 Å². The molecule has 42 heavy (non-hydrogen) atoms. The molecule has 0 amide bonds. The molecule has 2 unspecified atom stereocenters. The van der Waals surface area contributed by atoms with Crippen molar-refractivity contribution in [2.75, 3.05) is 98.0 Å². The number of aliphatic hydroxyl groups is 7. The Hall–Kier alpha value is -0.0625. The molecular formula is C18H51O20Si4+. The first-order chi connectivity index (χ1) is 19.8. The lowest BCUT2D eigenvalue weighted by atomic mass is 10.4. The lowest BCUT2D eigenvalue weighted by molar-refractivity contribution is -0.0434. The fourth-order valence-electron chi connectivity index (χ4n) is 2.25. The second kappa shape index (κ2) is 27.3. The van der Waals surface area contributed by atoms with Crippen LogP contribution in [0.4, 0.5) is 0 Å². The molecule has 7 N–H and O–H groups in total. The van der Waals surface area contributed by atoms with Crippen molar-refractivity contribution in [3.63, 3.8) is 0 Å². The molecule has 0 aromatic rings. The summed E-state index contributed by atoms with van der Waals surface area (Å²) < 4.78 is 66.2. The molecule has 0 rings (SSSR count). The molecule has 2 atom stereocenters. The highest BCUT2D eigenvalue weighted by molar-refractivity contribution is 6.73. The fourth-order valence-corrected chi connectivity index (χ4v) is 11.6. The third kappa shape index (κ3) is 16.3. The second-order valence-electron chi connectivity index (χ2n) is 6.71. The van der Waals surface area contributed by atoms with Gasteiger partial charge in [-0.2, -0.15) is 4.43 Å². The lowest BCUT2D eigenvalue weighted by Crippen LogP contribution is -2.67. The van der Waals surface area contributed by atoms with Crippen LogP contribution >= 0.6 is 0 Å². The maximum atomic E-state index is 10.0. The van der Waals surface area contributed by atoms with Crippen LogP contribution in [-0.2, 0) is 56.9 Å². The number of hydrogen-bond donors (Lipinski definition) is 7. The minimum atomic E-state index is -3.80. The Kier molecular flexibility index (Phi) is 31.7. The zero-order valence-electron chi connectivity index (χ0n) is 26.0. The Labute approximate surface area is 251 Å². The summed E-state index contributed by atoms with van der Waals surface area (Å²) in [5.41, 5.74) is -1.58. The minimum absolute atomic E-state index is 0.365. The Morgan fingerprint density at radius 2 is 0.810 bits per heavy atom. The Bertz CT molecular complexity index is 536. The van der Waals surface area contributed by atoms with Gasteiger partial charge in [-0.25, -0.2) is 0 Å². The van der Waals surface area contributed by atoms with Gasteiger partial charge in [0.1, 0.15) is 12.2 Å². The molecule has 0 saturated carbocycles. The molecule has 0 aliphatic carbocycles. The largest absolute Gasteiger partial charge is 0.715 e. The molecule has 0 fully saturated rings. The van der Waals surface area contributed by atoms with Gasteiger partial charge in [-0.3, -0.25) is 0 Å². The number of aliphatic hydroxyl groups excluding tert-OH is 7. The number of rotatable bonds is 20. The van der Waals surface area contributed by atoms with E-state index in [1.165, 1.54) is 71.1 Å². The van der Waals surface area contributed by atoms with Crippen LogP contribution < -0.4 is 0 Å². The third-order valence-electron chi connectivity index (χ3n) is 4.60. The third-order valence-corrected chi connectivity index (χ3v) is 15.3. The molecule has 0 bridgehead atoms. The summed E-state index contributed by atoms with van der Waals surface area (Å²) in [5.74, 6) is 0. The molecule has 0 aliphatic rings. The maximum Gasteiger partial charge on any atom is 0.715 e. The van der Waals surface area contributed by atoms with E-state index in [-0.39, 0.29) is 13.2 Å². The highest BCUT2D eigenvalue weighted by Gasteiger charge is 2.61. The van der Waals surface area contributed by atoms with Crippen LogP contribution in [0.3, 0.4) is 0 Å². The van der Waals surface area contributed by atoms with Crippen LogP contribution in [0, 0.1) is 7.11 Å². The Morgan fingerprint density at radius 3 is 1.00 bits per heavy atom. The van der Waals surface area contributed by atoms with E-state index in [9.17, 15) is 10.2 Å². The molecule has 24 heteroatoms. The lowest BCUT2D eigenvalue weighted by Gasteiger charge is -2.36. The molecule has 0 aliphatic heterocycles. The Balaban J connectivity index is -0.000000278. The van der Waals surface area contributed by atoms with Gasteiger partial charge in [0.05, 0.1) is 19.8 Å². The second-order valence-corrected chi connectivity index (χ2v) is 17.5. The van der Waals surface area contributed by atoms with Crippen molar-refractivity contribution in [3.05, 3.63) is 7.11 Å².